The third-order valence-electron chi connectivity index (χ3n) is 2.55. The first kappa shape index (κ1) is 13.7. The summed E-state index contributed by atoms with van der Waals surface area (Å²) in [6.45, 7) is 10.9. The minimum absolute atomic E-state index is 1.15. The Morgan fingerprint density at radius 1 is 1.00 bits per heavy atom. The first-order valence-corrected chi connectivity index (χ1v) is 6.15. The van der Waals surface area contributed by atoms with Gasteiger partial charge in [-0.05, 0) is 55.6 Å². The standard InChI is InChI=1S/C11H16.C2H7P/c1-5-11-7-6-8(2)9(3)10(11)4;1-2-3/h6-7H,5H2,1-4H3;2-3H2,1H3. The Labute approximate surface area is 91.3 Å². The van der Waals surface area contributed by atoms with Crippen molar-refractivity contribution in [3.8, 4) is 0 Å². The predicted octanol–water partition coefficient (Wildman–Crippen LogP) is 4.06. The molecule has 1 atom stereocenters. The maximum atomic E-state index is 2.58. The molecule has 0 saturated carbocycles. The maximum absolute atomic E-state index is 2.58. The van der Waals surface area contributed by atoms with Crippen molar-refractivity contribution in [1.82, 2.24) is 0 Å². The van der Waals surface area contributed by atoms with Crippen LogP contribution in [0.4, 0.5) is 0 Å². The van der Waals surface area contributed by atoms with E-state index in [4.69, 9.17) is 0 Å². The summed E-state index contributed by atoms with van der Waals surface area (Å²) in [5.74, 6) is 0. The molecule has 0 nitrogen and oxygen atoms in total. The quantitative estimate of drug-likeness (QED) is 0.613. The predicted molar refractivity (Wildman–Crippen MR) is 70.3 cm³/mol. The number of benzene rings is 1. The number of hydrogen-bond donors (Lipinski definition) is 0. The van der Waals surface area contributed by atoms with Gasteiger partial charge in [-0.25, -0.2) is 0 Å². The Kier molecular flexibility index (Phi) is 6.83. The van der Waals surface area contributed by atoms with Crippen LogP contribution in [0.5, 0.6) is 0 Å². The topological polar surface area (TPSA) is 0 Å². The molecule has 0 bridgehead atoms. The van der Waals surface area contributed by atoms with Gasteiger partial charge in [0.05, 0.1) is 0 Å². The van der Waals surface area contributed by atoms with Crippen molar-refractivity contribution < 1.29 is 0 Å². The molecule has 1 aromatic rings. The van der Waals surface area contributed by atoms with Gasteiger partial charge in [0.1, 0.15) is 0 Å². The van der Waals surface area contributed by atoms with Crippen LogP contribution in [0.2, 0.25) is 0 Å². The second kappa shape index (κ2) is 7.01. The van der Waals surface area contributed by atoms with Crippen LogP contribution in [0.15, 0.2) is 12.1 Å². The van der Waals surface area contributed by atoms with Gasteiger partial charge in [0, 0.05) is 0 Å². The number of rotatable bonds is 1. The van der Waals surface area contributed by atoms with Crippen molar-refractivity contribution in [3.63, 3.8) is 0 Å². The molecule has 0 aromatic heterocycles. The summed E-state index contributed by atoms with van der Waals surface area (Å²) in [6, 6.07) is 4.44. The molecule has 14 heavy (non-hydrogen) atoms. The van der Waals surface area contributed by atoms with E-state index in [0.717, 1.165) is 6.42 Å². The average Bonchev–Trinajstić information content (AvgIpc) is 2.16. The molecule has 0 saturated heterocycles. The Morgan fingerprint density at radius 3 is 1.93 bits per heavy atom. The normalized spacial score (nSPS) is 9.29. The van der Waals surface area contributed by atoms with E-state index in [-0.39, 0.29) is 0 Å². The van der Waals surface area contributed by atoms with E-state index in [1.807, 2.05) is 0 Å². The number of aryl methyl sites for hydroxylation is 2. The summed E-state index contributed by atoms with van der Waals surface area (Å²) in [7, 11) is 2.58. The van der Waals surface area contributed by atoms with E-state index in [1.165, 1.54) is 28.4 Å². The van der Waals surface area contributed by atoms with Crippen LogP contribution in [0.3, 0.4) is 0 Å². The van der Waals surface area contributed by atoms with Crippen LogP contribution in [0.1, 0.15) is 36.1 Å². The highest BCUT2D eigenvalue weighted by Crippen LogP contribution is 2.16. The summed E-state index contributed by atoms with van der Waals surface area (Å²) in [6.07, 6.45) is 2.31. The fourth-order valence-corrected chi connectivity index (χ4v) is 1.40. The van der Waals surface area contributed by atoms with Gasteiger partial charge < -0.3 is 0 Å². The minimum Gasteiger partial charge on any atom is -0.138 e. The maximum Gasteiger partial charge on any atom is -0.0305 e. The van der Waals surface area contributed by atoms with E-state index in [9.17, 15) is 0 Å². The molecule has 0 aliphatic rings. The molecular formula is C13H23P. The van der Waals surface area contributed by atoms with Crippen LogP contribution >= 0.6 is 9.24 Å². The molecule has 0 aliphatic heterocycles. The first-order chi connectivity index (χ1) is 6.58. The molecule has 1 unspecified atom stereocenters. The van der Waals surface area contributed by atoms with Crippen LogP contribution in [-0.4, -0.2) is 6.16 Å². The molecule has 0 fully saturated rings. The molecule has 1 aromatic carbocycles. The van der Waals surface area contributed by atoms with Crippen LogP contribution in [-0.2, 0) is 6.42 Å². The molecule has 1 rings (SSSR count). The SMILES string of the molecule is CCP.CCc1ccc(C)c(C)c1C. The first-order valence-electron chi connectivity index (χ1n) is 5.34. The van der Waals surface area contributed by atoms with Gasteiger partial charge in [-0.3, -0.25) is 0 Å². The fourth-order valence-electron chi connectivity index (χ4n) is 1.40. The van der Waals surface area contributed by atoms with E-state index >= 15 is 0 Å². The zero-order valence-corrected chi connectivity index (χ0v) is 11.3. The molecule has 0 N–H and O–H groups in total. The second-order valence-corrected chi connectivity index (χ2v) is 4.37. The van der Waals surface area contributed by atoms with Crippen molar-refractivity contribution in [3.05, 3.63) is 34.4 Å². The van der Waals surface area contributed by atoms with Gasteiger partial charge in [0.25, 0.3) is 0 Å². The van der Waals surface area contributed by atoms with Crippen LogP contribution in [0.25, 0.3) is 0 Å². The molecule has 1 heteroatoms. The molecule has 80 valence electrons. The highest BCUT2D eigenvalue weighted by Gasteiger charge is 2.00. The summed E-state index contributed by atoms with van der Waals surface area (Å²) in [5.41, 5.74) is 5.80. The van der Waals surface area contributed by atoms with Gasteiger partial charge in [-0.15, -0.1) is 9.24 Å². The lowest BCUT2D eigenvalue weighted by Crippen LogP contribution is -1.92. The van der Waals surface area contributed by atoms with E-state index < -0.39 is 0 Å². The Hall–Kier alpha value is -0.350. The molecule has 0 spiro atoms. The van der Waals surface area contributed by atoms with Crippen molar-refractivity contribution in [2.45, 2.75) is 41.0 Å². The van der Waals surface area contributed by atoms with Gasteiger partial charge in [-0.2, -0.15) is 0 Å². The van der Waals surface area contributed by atoms with Gasteiger partial charge in [-0.1, -0.05) is 26.0 Å². The van der Waals surface area contributed by atoms with E-state index in [1.54, 1.807) is 0 Å². The van der Waals surface area contributed by atoms with Crippen molar-refractivity contribution >= 4 is 9.24 Å². The summed E-state index contributed by atoms with van der Waals surface area (Å²) in [4.78, 5) is 0. The monoisotopic (exact) mass is 210 g/mol. The lowest BCUT2D eigenvalue weighted by molar-refractivity contribution is 1.08. The van der Waals surface area contributed by atoms with Gasteiger partial charge >= 0.3 is 0 Å². The third kappa shape index (κ3) is 3.80. The molecule has 0 aliphatic carbocycles. The average molecular weight is 210 g/mol. The Bertz CT molecular complexity index is 277. The Balaban J connectivity index is 0.000000500. The minimum atomic E-state index is 1.15. The smallest absolute Gasteiger partial charge is 0.0305 e. The lowest BCUT2D eigenvalue weighted by Gasteiger charge is -2.08. The Morgan fingerprint density at radius 2 is 1.50 bits per heavy atom. The number of hydrogen-bond acceptors (Lipinski definition) is 0. The molecule has 0 amide bonds. The zero-order valence-electron chi connectivity index (χ0n) is 10.1. The fraction of sp³-hybridized carbons (Fsp3) is 0.538. The molecule has 0 heterocycles. The van der Waals surface area contributed by atoms with Crippen molar-refractivity contribution in [2.75, 3.05) is 6.16 Å². The van der Waals surface area contributed by atoms with Crippen molar-refractivity contribution in [2.24, 2.45) is 0 Å². The zero-order chi connectivity index (χ0) is 11.1. The van der Waals surface area contributed by atoms with Crippen LogP contribution < -0.4 is 0 Å². The van der Waals surface area contributed by atoms with Crippen molar-refractivity contribution in [1.29, 1.82) is 0 Å². The summed E-state index contributed by atoms with van der Waals surface area (Å²) >= 11 is 0. The summed E-state index contributed by atoms with van der Waals surface area (Å²) in [5, 5.41) is 0. The summed E-state index contributed by atoms with van der Waals surface area (Å²) < 4.78 is 0. The largest absolute Gasteiger partial charge is 0.138 e. The van der Waals surface area contributed by atoms with E-state index in [2.05, 4.69) is 56.0 Å². The van der Waals surface area contributed by atoms with Crippen LogP contribution in [0, 0.1) is 20.8 Å². The van der Waals surface area contributed by atoms with Gasteiger partial charge in [0.2, 0.25) is 0 Å². The lowest BCUT2D eigenvalue weighted by atomic mass is 9.98. The highest BCUT2D eigenvalue weighted by molar-refractivity contribution is 7.16. The highest BCUT2D eigenvalue weighted by atomic mass is 31.0. The third-order valence-corrected chi connectivity index (χ3v) is 2.55. The molecule has 0 radical (unpaired) electrons. The van der Waals surface area contributed by atoms with E-state index in [0.29, 0.717) is 0 Å². The molecular weight excluding hydrogens is 187 g/mol. The van der Waals surface area contributed by atoms with Gasteiger partial charge in [0.15, 0.2) is 0 Å². The second-order valence-electron chi connectivity index (χ2n) is 3.55.